The van der Waals surface area contributed by atoms with E-state index < -0.39 is 0 Å². The molecule has 1 nitrogen and oxygen atoms in total. The Kier molecular flexibility index (Phi) is 4.55. The van der Waals surface area contributed by atoms with E-state index in [1.165, 1.54) is 0 Å². The standard InChI is InChI=1S/C6H14B2O/c1-2-6(9)5(3-7)4-8/h5H,2-4,7-8H2,1H3. The van der Waals surface area contributed by atoms with E-state index >= 15 is 0 Å². The molecular weight excluding hydrogens is 110 g/mol. The van der Waals surface area contributed by atoms with Crippen molar-refractivity contribution in [2.24, 2.45) is 5.92 Å². The highest BCUT2D eigenvalue weighted by atomic mass is 16.1. The molecule has 0 amide bonds. The van der Waals surface area contributed by atoms with E-state index in [0.717, 1.165) is 12.6 Å². The lowest BCUT2D eigenvalue weighted by molar-refractivity contribution is -0.121. The van der Waals surface area contributed by atoms with E-state index in [1.807, 2.05) is 6.92 Å². The van der Waals surface area contributed by atoms with Crippen LogP contribution in [0.15, 0.2) is 0 Å². The van der Waals surface area contributed by atoms with Crippen molar-refractivity contribution in [3.8, 4) is 0 Å². The Labute approximate surface area is 59.0 Å². The summed E-state index contributed by atoms with van der Waals surface area (Å²) < 4.78 is 0. The summed E-state index contributed by atoms with van der Waals surface area (Å²) in [7, 11) is 4.14. The maximum atomic E-state index is 11.0. The van der Waals surface area contributed by atoms with Crippen molar-refractivity contribution in [1.82, 2.24) is 0 Å². The van der Waals surface area contributed by atoms with Gasteiger partial charge in [-0.25, -0.2) is 0 Å². The molecule has 50 valence electrons. The fourth-order valence-electron chi connectivity index (χ4n) is 1.03. The van der Waals surface area contributed by atoms with Gasteiger partial charge in [-0.1, -0.05) is 19.6 Å². The molecule has 0 aromatic rings. The van der Waals surface area contributed by atoms with Crippen molar-refractivity contribution in [2.45, 2.75) is 26.0 Å². The predicted octanol–water partition coefficient (Wildman–Crippen LogP) is -0.316. The number of rotatable bonds is 4. The first kappa shape index (κ1) is 8.80. The second-order valence-electron chi connectivity index (χ2n) is 2.33. The quantitative estimate of drug-likeness (QED) is 0.469. The first-order valence-corrected chi connectivity index (χ1v) is 3.78. The molecule has 0 aliphatic rings. The molecule has 0 saturated heterocycles. The van der Waals surface area contributed by atoms with Gasteiger partial charge < -0.3 is 0 Å². The minimum absolute atomic E-state index is 0.329. The van der Waals surface area contributed by atoms with Crippen LogP contribution in [0, 0.1) is 5.92 Å². The molecule has 0 rings (SSSR count). The normalized spacial score (nSPS) is 10.0. The van der Waals surface area contributed by atoms with Gasteiger partial charge in [0.2, 0.25) is 0 Å². The van der Waals surface area contributed by atoms with E-state index in [-0.39, 0.29) is 0 Å². The second kappa shape index (κ2) is 4.66. The SMILES string of the molecule is BCC(CB)C(=O)CC. The van der Waals surface area contributed by atoms with Gasteiger partial charge in [-0.3, -0.25) is 4.79 Å². The lowest BCUT2D eigenvalue weighted by atomic mass is 9.79. The summed E-state index contributed by atoms with van der Waals surface area (Å²) in [4.78, 5) is 11.0. The molecule has 0 atom stereocenters. The van der Waals surface area contributed by atoms with E-state index in [4.69, 9.17) is 0 Å². The van der Waals surface area contributed by atoms with Crippen LogP contribution in [0.5, 0.6) is 0 Å². The Hall–Kier alpha value is -0.200. The number of hydrogen-bond acceptors (Lipinski definition) is 1. The molecule has 0 spiro atoms. The summed E-state index contributed by atoms with van der Waals surface area (Å²) in [6.07, 6.45) is 2.71. The highest BCUT2D eigenvalue weighted by molar-refractivity contribution is 6.14. The van der Waals surface area contributed by atoms with Crippen molar-refractivity contribution in [1.29, 1.82) is 0 Å². The van der Waals surface area contributed by atoms with Crippen LogP contribution in [-0.2, 0) is 4.79 Å². The van der Waals surface area contributed by atoms with Crippen LogP contribution < -0.4 is 0 Å². The number of ketones is 1. The third kappa shape index (κ3) is 2.73. The topological polar surface area (TPSA) is 17.1 Å². The number of carbonyl (C=O) groups excluding carboxylic acids is 1. The summed E-state index contributed by atoms with van der Waals surface area (Å²) in [5, 5.41) is 0. The number of carbonyl (C=O) groups is 1. The third-order valence-corrected chi connectivity index (χ3v) is 1.79. The first-order chi connectivity index (χ1) is 4.26. The molecule has 0 aromatic carbocycles. The molecule has 3 heteroatoms. The Morgan fingerprint density at radius 2 is 1.89 bits per heavy atom. The van der Waals surface area contributed by atoms with Crippen molar-refractivity contribution < 1.29 is 4.79 Å². The average Bonchev–Trinajstić information content (AvgIpc) is 1.90. The smallest absolute Gasteiger partial charge is 0.134 e. The summed E-state index contributed by atoms with van der Waals surface area (Å²) >= 11 is 0. The van der Waals surface area contributed by atoms with Gasteiger partial charge in [0.05, 0.1) is 0 Å². The summed E-state index contributed by atoms with van der Waals surface area (Å²) in [5.74, 6) is 0.745. The van der Waals surface area contributed by atoms with Crippen LogP contribution in [0.2, 0.25) is 12.6 Å². The van der Waals surface area contributed by atoms with Gasteiger partial charge in [0.25, 0.3) is 0 Å². The fourth-order valence-corrected chi connectivity index (χ4v) is 1.03. The molecule has 9 heavy (non-hydrogen) atoms. The van der Waals surface area contributed by atoms with E-state index in [0.29, 0.717) is 18.1 Å². The summed E-state index contributed by atoms with van der Waals surface area (Å²) in [6.45, 7) is 1.93. The molecule has 0 fully saturated rings. The maximum absolute atomic E-state index is 11.0. The van der Waals surface area contributed by atoms with Gasteiger partial charge in [-0.15, -0.1) is 0 Å². The lowest BCUT2D eigenvalue weighted by Crippen LogP contribution is -2.11. The highest BCUT2D eigenvalue weighted by Gasteiger charge is 2.10. The van der Waals surface area contributed by atoms with Gasteiger partial charge in [0.15, 0.2) is 0 Å². The summed E-state index contributed by atoms with van der Waals surface area (Å²) in [6, 6.07) is 0. The lowest BCUT2D eigenvalue weighted by Gasteiger charge is -2.07. The van der Waals surface area contributed by atoms with Crippen LogP contribution >= 0.6 is 0 Å². The minimum Gasteiger partial charge on any atom is -0.299 e. The Morgan fingerprint density at radius 1 is 1.44 bits per heavy atom. The molecule has 0 heterocycles. The Balaban J connectivity index is 3.64. The first-order valence-electron chi connectivity index (χ1n) is 3.78. The highest BCUT2D eigenvalue weighted by Crippen LogP contribution is 2.08. The van der Waals surface area contributed by atoms with Gasteiger partial charge in [-0.05, 0) is 0 Å². The molecule has 0 N–H and O–H groups in total. The van der Waals surface area contributed by atoms with Gasteiger partial charge in [-0.2, -0.15) is 0 Å². The fraction of sp³-hybridized carbons (Fsp3) is 0.833. The Morgan fingerprint density at radius 3 is 2.00 bits per heavy atom. The van der Waals surface area contributed by atoms with E-state index in [2.05, 4.69) is 15.7 Å². The number of Topliss-reactive ketones (excluding diaryl/α,β-unsaturated/α-hetero) is 1. The molecule has 0 aliphatic heterocycles. The molecule has 0 bridgehead atoms. The zero-order chi connectivity index (χ0) is 7.28. The van der Waals surface area contributed by atoms with Crippen molar-refractivity contribution in [3.63, 3.8) is 0 Å². The zero-order valence-corrected chi connectivity index (χ0v) is 6.61. The molecule has 0 aliphatic carbocycles. The van der Waals surface area contributed by atoms with Crippen molar-refractivity contribution in [2.75, 3.05) is 0 Å². The van der Waals surface area contributed by atoms with Crippen LogP contribution in [0.25, 0.3) is 0 Å². The van der Waals surface area contributed by atoms with Crippen LogP contribution in [0.1, 0.15) is 13.3 Å². The van der Waals surface area contributed by atoms with E-state index in [9.17, 15) is 4.79 Å². The summed E-state index contributed by atoms with van der Waals surface area (Å²) in [5.41, 5.74) is 0. The maximum Gasteiger partial charge on any atom is 0.134 e. The molecule has 0 unspecified atom stereocenters. The van der Waals surface area contributed by atoms with Crippen LogP contribution in [0.3, 0.4) is 0 Å². The molecule has 0 saturated carbocycles. The Bertz CT molecular complexity index is 89.1. The molecule has 0 aromatic heterocycles. The largest absolute Gasteiger partial charge is 0.299 e. The van der Waals surface area contributed by atoms with Gasteiger partial charge >= 0.3 is 0 Å². The second-order valence-corrected chi connectivity index (χ2v) is 2.33. The van der Waals surface area contributed by atoms with Gasteiger partial charge in [0.1, 0.15) is 21.5 Å². The monoisotopic (exact) mass is 124 g/mol. The third-order valence-electron chi connectivity index (χ3n) is 1.79. The molecule has 0 radical (unpaired) electrons. The predicted molar refractivity (Wildman–Crippen MR) is 45.5 cm³/mol. The minimum atomic E-state index is 0.329. The molecular formula is C6H14B2O. The average molecular weight is 124 g/mol. The van der Waals surface area contributed by atoms with E-state index in [1.54, 1.807) is 0 Å². The van der Waals surface area contributed by atoms with Crippen LogP contribution in [0.4, 0.5) is 0 Å². The number of hydrogen-bond donors (Lipinski definition) is 0. The van der Waals surface area contributed by atoms with Crippen LogP contribution in [-0.4, -0.2) is 21.5 Å². The van der Waals surface area contributed by atoms with Crippen molar-refractivity contribution >= 4 is 21.5 Å². The zero-order valence-electron chi connectivity index (χ0n) is 6.61. The van der Waals surface area contributed by atoms with Crippen molar-refractivity contribution in [3.05, 3.63) is 0 Å². The van der Waals surface area contributed by atoms with Gasteiger partial charge in [0, 0.05) is 12.3 Å².